The first-order valence-electron chi connectivity index (χ1n) is 9.47. The standard InChI is InChI=1S/C19H39BrO3Si/c1-17(21)23-18(16-20)14-12-10-8-7-9-11-13-15-22-24(5,6)19(2,3)4/h18H,7-16H2,1-6H3/t18-/m1/s1. The second-order valence-corrected chi connectivity index (χ2v) is 13.7. The molecule has 0 fully saturated rings. The van der Waals surface area contributed by atoms with E-state index in [0.29, 0.717) is 5.04 Å². The Labute approximate surface area is 159 Å². The fourth-order valence-electron chi connectivity index (χ4n) is 2.30. The van der Waals surface area contributed by atoms with E-state index in [2.05, 4.69) is 49.8 Å². The molecule has 0 aromatic carbocycles. The maximum atomic E-state index is 10.9. The van der Waals surface area contributed by atoms with Gasteiger partial charge in [-0.25, -0.2) is 0 Å². The summed E-state index contributed by atoms with van der Waals surface area (Å²) < 4.78 is 11.4. The number of hydrogen-bond donors (Lipinski definition) is 0. The molecule has 0 saturated heterocycles. The predicted octanol–water partition coefficient (Wildman–Crippen LogP) is 6.46. The third-order valence-corrected chi connectivity index (χ3v) is 10.2. The highest BCUT2D eigenvalue weighted by molar-refractivity contribution is 9.09. The third-order valence-electron chi connectivity index (χ3n) is 4.94. The lowest BCUT2D eigenvalue weighted by Crippen LogP contribution is -2.40. The molecule has 0 aliphatic carbocycles. The second kappa shape index (κ2) is 12.5. The molecule has 0 unspecified atom stereocenters. The highest BCUT2D eigenvalue weighted by atomic mass is 79.9. The minimum Gasteiger partial charge on any atom is -0.462 e. The van der Waals surface area contributed by atoms with Crippen molar-refractivity contribution in [1.29, 1.82) is 0 Å². The van der Waals surface area contributed by atoms with Crippen molar-refractivity contribution in [2.24, 2.45) is 0 Å². The summed E-state index contributed by atoms with van der Waals surface area (Å²) in [6, 6.07) is 0. The van der Waals surface area contributed by atoms with Crippen molar-refractivity contribution in [2.45, 2.75) is 103 Å². The van der Waals surface area contributed by atoms with Crippen LogP contribution in [0.25, 0.3) is 0 Å². The lowest BCUT2D eigenvalue weighted by Gasteiger charge is -2.36. The zero-order valence-corrected chi connectivity index (χ0v) is 19.3. The van der Waals surface area contributed by atoms with Crippen LogP contribution < -0.4 is 0 Å². The zero-order valence-electron chi connectivity index (χ0n) is 16.8. The smallest absolute Gasteiger partial charge is 0.302 e. The quantitative estimate of drug-likeness (QED) is 0.148. The molecule has 0 aromatic rings. The molecule has 0 rings (SSSR count). The molecule has 0 saturated carbocycles. The molecule has 0 N–H and O–H groups in total. The summed E-state index contributed by atoms with van der Waals surface area (Å²) in [6.45, 7) is 13.9. The average Bonchev–Trinajstić information content (AvgIpc) is 2.46. The molecule has 0 spiro atoms. The van der Waals surface area contributed by atoms with Crippen LogP contribution in [0.3, 0.4) is 0 Å². The van der Waals surface area contributed by atoms with Gasteiger partial charge in [-0.1, -0.05) is 68.8 Å². The van der Waals surface area contributed by atoms with Crippen LogP contribution in [0.2, 0.25) is 18.1 Å². The second-order valence-electron chi connectivity index (χ2n) is 8.26. The van der Waals surface area contributed by atoms with Gasteiger partial charge in [0.1, 0.15) is 6.10 Å². The predicted molar refractivity (Wildman–Crippen MR) is 109 cm³/mol. The molecule has 0 aliphatic rings. The highest BCUT2D eigenvalue weighted by Crippen LogP contribution is 2.36. The monoisotopic (exact) mass is 422 g/mol. The zero-order chi connectivity index (χ0) is 18.6. The number of carbonyl (C=O) groups excluding carboxylic acids is 1. The number of ether oxygens (including phenoxy) is 1. The van der Waals surface area contributed by atoms with Crippen molar-refractivity contribution < 1.29 is 14.0 Å². The molecule has 0 aliphatic heterocycles. The Morgan fingerprint density at radius 1 is 1.00 bits per heavy atom. The number of alkyl halides is 1. The summed E-state index contributed by atoms with van der Waals surface area (Å²) >= 11 is 3.40. The van der Waals surface area contributed by atoms with Gasteiger partial charge in [0.15, 0.2) is 8.32 Å². The molecule has 0 heterocycles. The first kappa shape index (κ1) is 24.1. The van der Waals surface area contributed by atoms with Gasteiger partial charge < -0.3 is 9.16 Å². The van der Waals surface area contributed by atoms with Crippen molar-refractivity contribution in [2.75, 3.05) is 11.9 Å². The van der Waals surface area contributed by atoms with Gasteiger partial charge in [-0.05, 0) is 37.4 Å². The number of carbonyl (C=O) groups is 1. The summed E-state index contributed by atoms with van der Waals surface area (Å²) in [5.41, 5.74) is 0. The van der Waals surface area contributed by atoms with Crippen molar-refractivity contribution >= 4 is 30.2 Å². The van der Waals surface area contributed by atoms with Crippen LogP contribution in [0.5, 0.6) is 0 Å². The highest BCUT2D eigenvalue weighted by Gasteiger charge is 2.36. The molecule has 0 amide bonds. The topological polar surface area (TPSA) is 35.5 Å². The fourth-order valence-corrected chi connectivity index (χ4v) is 3.85. The lowest BCUT2D eigenvalue weighted by atomic mass is 10.1. The number of unbranched alkanes of at least 4 members (excludes halogenated alkanes) is 6. The number of esters is 1. The van der Waals surface area contributed by atoms with E-state index in [4.69, 9.17) is 9.16 Å². The van der Waals surface area contributed by atoms with Crippen LogP contribution >= 0.6 is 15.9 Å². The maximum absolute atomic E-state index is 10.9. The van der Waals surface area contributed by atoms with Gasteiger partial charge in [-0.15, -0.1) is 0 Å². The van der Waals surface area contributed by atoms with E-state index in [-0.39, 0.29) is 12.1 Å². The van der Waals surface area contributed by atoms with E-state index < -0.39 is 8.32 Å². The molecule has 1 atom stereocenters. The third kappa shape index (κ3) is 11.6. The Balaban J connectivity index is 3.51. The maximum Gasteiger partial charge on any atom is 0.302 e. The number of rotatable bonds is 13. The summed E-state index contributed by atoms with van der Waals surface area (Å²) in [4.78, 5) is 10.9. The SMILES string of the molecule is CC(=O)O[C@@H](CBr)CCCCCCCCCO[Si](C)(C)C(C)(C)C. The Hall–Kier alpha value is 0.127. The van der Waals surface area contributed by atoms with Gasteiger partial charge in [0.05, 0.1) is 0 Å². The van der Waals surface area contributed by atoms with Gasteiger partial charge in [0, 0.05) is 18.9 Å². The molecule has 144 valence electrons. The van der Waals surface area contributed by atoms with Gasteiger partial charge in [-0.2, -0.15) is 0 Å². The van der Waals surface area contributed by atoms with Gasteiger partial charge in [-0.3, -0.25) is 4.79 Å². The molecular formula is C19H39BrO3Si. The molecule has 0 radical (unpaired) electrons. The number of hydrogen-bond acceptors (Lipinski definition) is 3. The fraction of sp³-hybridized carbons (Fsp3) is 0.947. The summed E-state index contributed by atoms with van der Waals surface area (Å²) in [5, 5.41) is 1.05. The largest absolute Gasteiger partial charge is 0.462 e. The van der Waals surface area contributed by atoms with Crippen molar-refractivity contribution in [3.63, 3.8) is 0 Å². The summed E-state index contributed by atoms with van der Waals surface area (Å²) in [5.74, 6) is -0.181. The van der Waals surface area contributed by atoms with E-state index >= 15 is 0 Å². The van der Waals surface area contributed by atoms with Crippen LogP contribution in [0.15, 0.2) is 0 Å². The first-order chi connectivity index (χ1) is 11.1. The van der Waals surface area contributed by atoms with Gasteiger partial charge >= 0.3 is 5.97 Å². The number of halogens is 1. The lowest BCUT2D eigenvalue weighted by molar-refractivity contribution is -0.145. The van der Waals surface area contributed by atoms with Crippen LogP contribution in [0.4, 0.5) is 0 Å². The molecular weight excluding hydrogens is 384 g/mol. The van der Waals surface area contributed by atoms with Gasteiger partial charge in [0.25, 0.3) is 0 Å². The van der Waals surface area contributed by atoms with Gasteiger partial charge in [0.2, 0.25) is 0 Å². The van der Waals surface area contributed by atoms with Crippen LogP contribution in [0.1, 0.15) is 79.1 Å². The van der Waals surface area contributed by atoms with Crippen LogP contribution in [-0.4, -0.2) is 32.3 Å². The van der Waals surface area contributed by atoms with Crippen molar-refractivity contribution in [3.8, 4) is 0 Å². The van der Waals surface area contributed by atoms with E-state index in [9.17, 15) is 4.79 Å². The Kier molecular flexibility index (Phi) is 12.5. The summed E-state index contributed by atoms with van der Waals surface area (Å²) in [6.07, 6.45) is 9.69. The molecule has 24 heavy (non-hydrogen) atoms. The Morgan fingerprint density at radius 3 is 1.96 bits per heavy atom. The van der Waals surface area contributed by atoms with Crippen molar-refractivity contribution in [1.82, 2.24) is 0 Å². The first-order valence-corrected chi connectivity index (χ1v) is 13.5. The van der Waals surface area contributed by atoms with E-state index in [1.54, 1.807) is 0 Å². The van der Waals surface area contributed by atoms with Crippen LogP contribution in [-0.2, 0) is 14.0 Å². The minimum absolute atomic E-state index is 0.0370. The molecule has 3 nitrogen and oxygen atoms in total. The molecule has 0 aromatic heterocycles. The molecule has 5 heteroatoms. The summed E-state index contributed by atoms with van der Waals surface area (Å²) in [7, 11) is -1.56. The van der Waals surface area contributed by atoms with E-state index in [0.717, 1.165) is 24.8 Å². The Morgan fingerprint density at radius 2 is 1.50 bits per heavy atom. The Bertz CT molecular complexity index is 340. The van der Waals surface area contributed by atoms with Crippen molar-refractivity contribution in [3.05, 3.63) is 0 Å². The minimum atomic E-state index is -1.56. The van der Waals surface area contributed by atoms with Crippen LogP contribution in [0, 0.1) is 0 Å². The van der Waals surface area contributed by atoms with E-state index in [1.807, 2.05) is 0 Å². The average molecular weight is 424 g/mol. The normalized spacial score (nSPS) is 13.8. The van der Waals surface area contributed by atoms with E-state index in [1.165, 1.54) is 45.4 Å². The molecule has 0 bridgehead atoms.